The van der Waals surface area contributed by atoms with Crippen molar-refractivity contribution < 1.29 is 9.84 Å². The van der Waals surface area contributed by atoms with Crippen molar-refractivity contribution in [3.8, 4) is 17.0 Å². The van der Waals surface area contributed by atoms with Crippen LogP contribution in [0.5, 0.6) is 5.88 Å². The van der Waals surface area contributed by atoms with Crippen LogP contribution in [-0.2, 0) is 6.61 Å². The SMILES string of the molecule is C=C(O)C[C@H](C)c1ccc(OCc2ccc3scc(-c4ccc(N)cc4C)c3c2)nc1. The van der Waals surface area contributed by atoms with E-state index in [4.69, 9.17) is 10.5 Å². The Kier molecular flexibility index (Phi) is 5.96. The summed E-state index contributed by atoms with van der Waals surface area (Å²) in [5.41, 5.74) is 12.4. The number of aromatic nitrogens is 1. The third-order valence-corrected chi connectivity index (χ3v) is 6.40. The number of fused-ring (bicyclic) bond motifs is 1. The number of aliphatic hydroxyl groups excluding tert-OH is 1. The quantitative estimate of drug-likeness (QED) is 0.245. The van der Waals surface area contributed by atoms with E-state index < -0.39 is 0 Å². The van der Waals surface area contributed by atoms with Crippen LogP contribution in [0.4, 0.5) is 5.69 Å². The van der Waals surface area contributed by atoms with Gasteiger partial charge in [-0.25, -0.2) is 4.98 Å². The monoisotopic (exact) mass is 430 g/mol. The number of pyridine rings is 1. The number of hydrogen-bond acceptors (Lipinski definition) is 5. The summed E-state index contributed by atoms with van der Waals surface area (Å²) >= 11 is 1.74. The molecule has 2 aromatic heterocycles. The van der Waals surface area contributed by atoms with Gasteiger partial charge in [0.1, 0.15) is 6.61 Å². The maximum Gasteiger partial charge on any atom is 0.213 e. The zero-order valence-electron chi connectivity index (χ0n) is 17.8. The molecule has 4 nitrogen and oxygen atoms in total. The van der Waals surface area contributed by atoms with E-state index in [1.165, 1.54) is 26.8 Å². The highest BCUT2D eigenvalue weighted by atomic mass is 32.1. The van der Waals surface area contributed by atoms with Gasteiger partial charge in [-0.15, -0.1) is 11.3 Å². The van der Waals surface area contributed by atoms with Gasteiger partial charge < -0.3 is 15.6 Å². The van der Waals surface area contributed by atoms with Crippen LogP contribution in [0.25, 0.3) is 21.2 Å². The van der Waals surface area contributed by atoms with Crippen LogP contribution < -0.4 is 10.5 Å². The molecule has 2 heterocycles. The lowest BCUT2D eigenvalue weighted by molar-refractivity contribution is 0.294. The number of allylic oxidation sites excluding steroid dienone is 1. The number of nitrogens with zero attached hydrogens (tertiary/aromatic N) is 1. The summed E-state index contributed by atoms with van der Waals surface area (Å²) in [7, 11) is 0. The normalized spacial score (nSPS) is 12.1. The number of benzene rings is 2. The Bertz CT molecular complexity index is 1230. The first-order chi connectivity index (χ1) is 14.9. The third-order valence-electron chi connectivity index (χ3n) is 5.44. The number of nitrogen functional groups attached to an aromatic ring is 1. The molecule has 0 aliphatic rings. The lowest BCUT2D eigenvalue weighted by Gasteiger charge is -2.11. The first-order valence-corrected chi connectivity index (χ1v) is 11.1. The first kappa shape index (κ1) is 20.9. The standard InChI is InChI=1S/C26H26N2O2S/c1-16(10-18(3)29)20-5-9-26(28-13-20)30-14-19-4-8-25-23(12-19)24(15-31-25)22-7-6-21(27)11-17(22)2/h4-9,11-13,15-16,29H,3,10,14,27H2,1-2H3/t16-/m0/s1. The van der Waals surface area contributed by atoms with Gasteiger partial charge in [-0.05, 0) is 64.7 Å². The molecule has 3 N–H and O–H groups in total. The summed E-state index contributed by atoms with van der Waals surface area (Å²) in [4.78, 5) is 4.42. The van der Waals surface area contributed by atoms with Gasteiger partial charge in [0.05, 0.1) is 5.76 Å². The number of thiophene rings is 1. The summed E-state index contributed by atoms with van der Waals surface area (Å²) in [5, 5.41) is 12.8. The molecule has 0 aliphatic heterocycles. The fourth-order valence-electron chi connectivity index (χ4n) is 3.76. The van der Waals surface area contributed by atoms with Crippen LogP contribution in [0, 0.1) is 6.92 Å². The van der Waals surface area contributed by atoms with Crippen LogP contribution in [0.2, 0.25) is 0 Å². The Labute approximate surface area is 186 Å². The second-order valence-electron chi connectivity index (χ2n) is 7.94. The smallest absolute Gasteiger partial charge is 0.213 e. The average molecular weight is 431 g/mol. The molecule has 4 rings (SSSR count). The molecule has 0 aliphatic carbocycles. The van der Waals surface area contributed by atoms with Gasteiger partial charge in [-0.3, -0.25) is 0 Å². The van der Waals surface area contributed by atoms with Crippen LogP contribution in [0.3, 0.4) is 0 Å². The molecule has 0 bridgehead atoms. The topological polar surface area (TPSA) is 68.4 Å². The molecule has 0 spiro atoms. The molecule has 0 fully saturated rings. The number of aryl methyl sites for hydroxylation is 1. The van der Waals surface area contributed by atoms with Crippen LogP contribution in [0.15, 0.2) is 72.4 Å². The van der Waals surface area contributed by atoms with Gasteiger partial charge in [0.15, 0.2) is 0 Å². The van der Waals surface area contributed by atoms with Gasteiger partial charge >= 0.3 is 0 Å². The molecule has 0 radical (unpaired) electrons. The summed E-state index contributed by atoms with van der Waals surface area (Å²) in [6.45, 7) is 8.13. The first-order valence-electron chi connectivity index (χ1n) is 10.2. The van der Waals surface area contributed by atoms with Crippen molar-refractivity contribution >= 4 is 27.1 Å². The molecule has 1 atom stereocenters. The molecule has 4 aromatic rings. The second kappa shape index (κ2) is 8.82. The highest BCUT2D eigenvalue weighted by molar-refractivity contribution is 7.17. The molecular weight excluding hydrogens is 404 g/mol. The maximum absolute atomic E-state index is 9.38. The minimum absolute atomic E-state index is 0.162. The van der Waals surface area contributed by atoms with Crippen molar-refractivity contribution in [1.82, 2.24) is 4.98 Å². The fraction of sp³-hybridized carbons (Fsp3) is 0.192. The molecule has 158 valence electrons. The zero-order chi connectivity index (χ0) is 22.0. The van der Waals surface area contributed by atoms with Crippen LogP contribution in [0.1, 0.15) is 36.0 Å². The summed E-state index contributed by atoms with van der Waals surface area (Å²) in [5.74, 6) is 0.930. The Morgan fingerprint density at radius 3 is 2.71 bits per heavy atom. The predicted octanol–water partition coefficient (Wildman–Crippen LogP) is 7.00. The number of rotatable bonds is 7. The maximum atomic E-state index is 9.38. The van der Waals surface area contributed by atoms with E-state index in [1.807, 2.05) is 31.2 Å². The number of aliphatic hydroxyl groups is 1. The van der Waals surface area contributed by atoms with Crippen LogP contribution >= 0.6 is 11.3 Å². The average Bonchev–Trinajstić information content (AvgIpc) is 3.15. The van der Waals surface area contributed by atoms with Gasteiger partial charge in [-0.1, -0.05) is 31.7 Å². The molecule has 0 amide bonds. The summed E-state index contributed by atoms with van der Waals surface area (Å²) in [6.07, 6.45) is 2.32. The Morgan fingerprint density at radius 2 is 2.00 bits per heavy atom. The highest BCUT2D eigenvalue weighted by Crippen LogP contribution is 2.36. The minimum Gasteiger partial charge on any atom is -0.513 e. The van der Waals surface area contributed by atoms with Crippen LogP contribution in [-0.4, -0.2) is 10.1 Å². The number of nitrogens with two attached hydrogens (primary N) is 1. The Balaban J connectivity index is 1.51. The minimum atomic E-state index is 0.162. The second-order valence-corrected chi connectivity index (χ2v) is 8.86. The van der Waals surface area contributed by atoms with Crippen molar-refractivity contribution in [2.45, 2.75) is 32.8 Å². The van der Waals surface area contributed by atoms with Crippen molar-refractivity contribution in [2.24, 2.45) is 0 Å². The summed E-state index contributed by atoms with van der Waals surface area (Å²) < 4.78 is 7.17. The van der Waals surface area contributed by atoms with Gasteiger partial charge in [0, 0.05) is 40.0 Å². The molecule has 31 heavy (non-hydrogen) atoms. The van der Waals surface area contributed by atoms with Crippen molar-refractivity contribution in [1.29, 1.82) is 0 Å². The van der Waals surface area contributed by atoms with E-state index in [0.29, 0.717) is 18.9 Å². The van der Waals surface area contributed by atoms with E-state index in [1.54, 1.807) is 17.5 Å². The largest absolute Gasteiger partial charge is 0.513 e. The van der Waals surface area contributed by atoms with Gasteiger partial charge in [-0.2, -0.15) is 0 Å². The van der Waals surface area contributed by atoms with E-state index in [0.717, 1.165) is 16.8 Å². The Hall–Kier alpha value is -3.31. The number of hydrogen-bond donors (Lipinski definition) is 2. The van der Waals surface area contributed by atoms with E-state index >= 15 is 0 Å². The number of ether oxygens (including phenoxy) is 1. The molecule has 0 unspecified atom stereocenters. The summed E-state index contributed by atoms with van der Waals surface area (Å²) in [6, 6.07) is 16.4. The molecule has 5 heteroatoms. The predicted molar refractivity (Wildman–Crippen MR) is 130 cm³/mol. The van der Waals surface area contributed by atoms with E-state index in [-0.39, 0.29) is 11.7 Å². The number of anilines is 1. The molecule has 0 saturated carbocycles. The van der Waals surface area contributed by atoms with Gasteiger partial charge in [0.2, 0.25) is 5.88 Å². The Morgan fingerprint density at radius 1 is 1.16 bits per heavy atom. The lowest BCUT2D eigenvalue weighted by Crippen LogP contribution is -2.00. The molecule has 2 aromatic carbocycles. The van der Waals surface area contributed by atoms with Crippen molar-refractivity contribution in [3.05, 3.63) is 89.1 Å². The third kappa shape index (κ3) is 4.72. The molecular formula is C26H26N2O2S. The fourth-order valence-corrected chi connectivity index (χ4v) is 4.70. The van der Waals surface area contributed by atoms with Crippen molar-refractivity contribution in [2.75, 3.05) is 5.73 Å². The van der Waals surface area contributed by atoms with E-state index in [2.05, 4.69) is 48.1 Å². The van der Waals surface area contributed by atoms with Gasteiger partial charge in [0.25, 0.3) is 0 Å². The van der Waals surface area contributed by atoms with E-state index in [9.17, 15) is 5.11 Å². The highest BCUT2D eigenvalue weighted by Gasteiger charge is 2.11. The lowest BCUT2D eigenvalue weighted by atomic mass is 9.98. The van der Waals surface area contributed by atoms with Crippen molar-refractivity contribution in [3.63, 3.8) is 0 Å². The zero-order valence-corrected chi connectivity index (χ0v) is 18.6. The molecule has 0 saturated heterocycles.